The van der Waals surface area contributed by atoms with Crippen LogP contribution in [0.2, 0.25) is 0 Å². The Hall–Kier alpha value is -2.99. The van der Waals surface area contributed by atoms with Gasteiger partial charge in [0.1, 0.15) is 18.1 Å². The second-order valence-corrected chi connectivity index (χ2v) is 6.94. The Morgan fingerprint density at radius 3 is 2.69 bits per heavy atom. The van der Waals surface area contributed by atoms with Crippen molar-refractivity contribution in [2.75, 3.05) is 13.1 Å². The zero-order valence-electron chi connectivity index (χ0n) is 16.1. The molecule has 160 valence electrons. The van der Waals surface area contributed by atoms with E-state index in [4.69, 9.17) is 11.5 Å². The van der Waals surface area contributed by atoms with Gasteiger partial charge in [0.2, 0.25) is 17.7 Å². The van der Waals surface area contributed by atoms with Crippen LogP contribution in [0.5, 0.6) is 0 Å². The summed E-state index contributed by atoms with van der Waals surface area (Å²) in [6.45, 7) is 1.77. The Morgan fingerprint density at radius 2 is 2.10 bits per heavy atom. The van der Waals surface area contributed by atoms with Gasteiger partial charge in [-0.25, -0.2) is 9.78 Å². The highest BCUT2D eigenvalue weighted by Crippen LogP contribution is 2.19. The number of nitrogens with two attached hydrogens (primary N) is 2. The maximum atomic E-state index is 12.7. The molecule has 1 aromatic rings. The molecule has 1 aliphatic heterocycles. The molecule has 2 heterocycles. The molecule has 4 atom stereocenters. The predicted octanol–water partition coefficient (Wildman–Crippen LogP) is -2.70. The van der Waals surface area contributed by atoms with Crippen molar-refractivity contribution in [3.05, 3.63) is 18.2 Å². The second-order valence-electron chi connectivity index (χ2n) is 6.94. The molecule has 1 aromatic heterocycles. The number of carboxylic acids is 1. The molecule has 1 aliphatic rings. The lowest BCUT2D eigenvalue weighted by Crippen LogP contribution is -2.56. The Labute approximate surface area is 167 Å². The fourth-order valence-electron chi connectivity index (χ4n) is 3.13. The van der Waals surface area contributed by atoms with Crippen LogP contribution in [-0.4, -0.2) is 80.9 Å². The van der Waals surface area contributed by atoms with Crippen molar-refractivity contribution in [3.8, 4) is 0 Å². The highest BCUT2D eigenvalue weighted by molar-refractivity contribution is 5.94. The number of hydrogen-bond donors (Lipinski definition) is 6. The zero-order valence-corrected chi connectivity index (χ0v) is 16.1. The first kappa shape index (κ1) is 22.3. The number of rotatable bonds is 9. The molecule has 3 amide bonds. The van der Waals surface area contributed by atoms with Crippen LogP contribution in [0.1, 0.15) is 25.5 Å². The van der Waals surface area contributed by atoms with Crippen molar-refractivity contribution < 1.29 is 24.3 Å². The van der Waals surface area contributed by atoms with Crippen LogP contribution in [0, 0.1) is 0 Å². The number of carboxylic acid groups (broad SMARTS) is 1. The van der Waals surface area contributed by atoms with E-state index in [-0.39, 0.29) is 13.0 Å². The number of imidazole rings is 1. The normalized spacial score (nSPS) is 19.3. The molecule has 8 N–H and O–H groups in total. The van der Waals surface area contributed by atoms with Crippen molar-refractivity contribution in [1.29, 1.82) is 0 Å². The van der Waals surface area contributed by atoms with Crippen molar-refractivity contribution in [3.63, 3.8) is 0 Å². The maximum Gasteiger partial charge on any atom is 0.326 e. The van der Waals surface area contributed by atoms with E-state index in [1.54, 1.807) is 0 Å². The molecule has 12 nitrogen and oxygen atoms in total. The summed E-state index contributed by atoms with van der Waals surface area (Å²) in [5, 5.41) is 14.4. The van der Waals surface area contributed by atoms with Gasteiger partial charge in [-0.05, 0) is 19.8 Å². The minimum Gasteiger partial charge on any atom is -0.480 e. The fraction of sp³-hybridized carbons (Fsp3) is 0.588. The van der Waals surface area contributed by atoms with Crippen molar-refractivity contribution in [2.45, 2.75) is 50.4 Å². The molecule has 29 heavy (non-hydrogen) atoms. The zero-order chi connectivity index (χ0) is 21.6. The maximum absolute atomic E-state index is 12.7. The summed E-state index contributed by atoms with van der Waals surface area (Å²) in [5.74, 6) is -2.75. The molecule has 0 aliphatic carbocycles. The van der Waals surface area contributed by atoms with Gasteiger partial charge in [-0.15, -0.1) is 0 Å². The van der Waals surface area contributed by atoms with Crippen LogP contribution in [0.15, 0.2) is 12.5 Å². The van der Waals surface area contributed by atoms with Gasteiger partial charge in [-0.1, -0.05) is 0 Å². The topological polar surface area (TPSA) is 197 Å². The molecule has 0 unspecified atom stereocenters. The Morgan fingerprint density at radius 1 is 1.38 bits per heavy atom. The summed E-state index contributed by atoms with van der Waals surface area (Å²) >= 11 is 0. The Bertz CT molecular complexity index is 739. The van der Waals surface area contributed by atoms with Crippen LogP contribution in [0.25, 0.3) is 0 Å². The lowest BCUT2D eigenvalue weighted by molar-refractivity contribution is -0.144. The van der Waals surface area contributed by atoms with Crippen molar-refractivity contribution >= 4 is 23.7 Å². The number of nitrogens with one attached hydrogen (secondary N) is 3. The number of amides is 3. The van der Waals surface area contributed by atoms with Gasteiger partial charge in [0, 0.05) is 31.4 Å². The summed E-state index contributed by atoms with van der Waals surface area (Å²) in [4.78, 5) is 56.7. The van der Waals surface area contributed by atoms with Crippen molar-refractivity contribution in [1.82, 2.24) is 25.5 Å². The average molecular weight is 409 g/mol. The van der Waals surface area contributed by atoms with E-state index in [0.717, 1.165) is 0 Å². The van der Waals surface area contributed by atoms with Gasteiger partial charge in [-0.2, -0.15) is 0 Å². The van der Waals surface area contributed by atoms with E-state index in [1.807, 2.05) is 0 Å². The molecular weight excluding hydrogens is 382 g/mol. The van der Waals surface area contributed by atoms with Crippen LogP contribution >= 0.6 is 0 Å². The van der Waals surface area contributed by atoms with Gasteiger partial charge < -0.3 is 37.1 Å². The number of hydrogen-bond acceptors (Lipinski definition) is 7. The van der Waals surface area contributed by atoms with E-state index in [2.05, 4.69) is 20.6 Å². The van der Waals surface area contributed by atoms with Crippen LogP contribution < -0.4 is 22.1 Å². The molecule has 0 aromatic carbocycles. The number of carbonyl (C=O) groups excluding carboxylic acids is 3. The molecule has 12 heteroatoms. The van der Waals surface area contributed by atoms with E-state index < -0.39 is 47.9 Å². The Balaban J connectivity index is 2.00. The molecular formula is C17H27N7O5. The van der Waals surface area contributed by atoms with Gasteiger partial charge >= 0.3 is 5.97 Å². The monoisotopic (exact) mass is 409 g/mol. The summed E-state index contributed by atoms with van der Waals surface area (Å²) in [7, 11) is 0. The molecule has 0 saturated carbocycles. The lowest BCUT2D eigenvalue weighted by Gasteiger charge is -2.28. The summed E-state index contributed by atoms with van der Waals surface area (Å²) in [5.41, 5.74) is 11.4. The first-order chi connectivity index (χ1) is 13.7. The second kappa shape index (κ2) is 9.98. The number of nitrogens with zero attached hydrogens (tertiary/aromatic N) is 2. The number of aliphatic carboxylic acids is 1. The molecule has 1 saturated heterocycles. The fourth-order valence-corrected chi connectivity index (χ4v) is 3.13. The number of aromatic nitrogens is 2. The standard InChI is InChI=1S/C17H27N7O5/c1-9(22-14(25)11(19)6-18)16(27)24-4-2-3-13(24)15(26)23-12(17(28)29)5-10-7-20-8-21-10/h7-9,11-13H,2-6,18-19H2,1H3,(H,20,21)(H,22,25)(H,23,26)(H,28,29)/t9-,11+,12+,13+/m1/s1. The van der Waals surface area contributed by atoms with Crippen LogP contribution in [0.3, 0.4) is 0 Å². The third-order valence-electron chi connectivity index (χ3n) is 4.75. The largest absolute Gasteiger partial charge is 0.480 e. The molecule has 0 bridgehead atoms. The number of aromatic amines is 1. The van der Waals surface area contributed by atoms with Crippen LogP contribution in [-0.2, 0) is 25.6 Å². The van der Waals surface area contributed by atoms with E-state index >= 15 is 0 Å². The predicted molar refractivity (Wildman–Crippen MR) is 101 cm³/mol. The first-order valence-corrected chi connectivity index (χ1v) is 9.31. The Kier molecular flexibility index (Phi) is 7.67. The van der Waals surface area contributed by atoms with Gasteiger partial charge in [-0.3, -0.25) is 14.4 Å². The van der Waals surface area contributed by atoms with Gasteiger partial charge in [0.25, 0.3) is 0 Å². The number of carbonyl (C=O) groups is 4. The van der Waals surface area contributed by atoms with Crippen LogP contribution in [0.4, 0.5) is 0 Å². The SMILES string of the molecule is C[C@@H](NC(=O)[C@@H](N)CN)C(=O)N1CCC[C@H]1C(=O)N[C@@H](Cc1cnc[nH]1)C(=O)O. The third kappa shape index (κ3) is 5.74. The molecule has 1 fully saturated rings. The smallest absolute Gasteiger partial charge is 0.326 e. The highest BCUT2D eigenvalue weighted by Gasteiger charge is 2.38. The minimum absolute atomic E-state index is 0.0329. The first-order valence-electron chi connectivity index (χ1n) is 9.31. The van der Waals surface area contributed by atoms with E-state index in [9.17, 15) is 24.3 Å². The summed E-state index contributed by atoms with van der Waals surface area (Å²) < 4.78 is 0. The molecule has 2 rings (SSSR count). The summed E-state index contributed by atoms with van der Waals surface area (Å²) in [6.07, 6.45) is 3.91. The summed E-state index contributed by atoms with van der Waals surface area (Å²) in [6, 6.07) is -3.80. The van der Waals surface area contributed by atoms with E-state index in [1.165, 1.54) is 24.3 Å². The van der Waals surface area contributed by atoms with Gasteiger partial charge in [0.15, 0.2) is 0 Å². The van der Waals surface area contributed by atoms with Crippen molar-refractivity contribution in [2.24, 2.45) is 11.5 Å². The molecule has 0 radical (unpaired) electrons. The molecule has 0 spiro atoms. The lowest BCUT2D eigenvalue weighted by atomic mass is 10.1. The number of likely N-dealkylation sites (tertiary alicyclic amines) is 1. The van der Waals surface area contributed by atoms with Gasteiger partial charge in [0.05, 0.1) is 12.4 Å². The van der Waals surface area contributed by atoms with E-state index in [0.29, 0.717) is 25.1 Å². The average Bonchev–Trinajstić information content (AvgIpc) is 3.37. The minimum atomic E-state index is -1.19. The quantitative estimate of drug-likeness (QED) is 0.253. The number of H-pyrrole nitrogens is 1. The third-order valence-corrected chi connectivity index (χ3v) is 4.75. The highest BCUT2D eigenvalue weighted by atomic mass is 16.4.